The van der Waals surface area contributed by atoms with E-state index in [0.717, 1.165) is 30.4 Å². The van der Waals surface area contributed by atoms with Crippen molar-refractivity contribution in [3.63, 3.8) is 0 Å². The van der Waals surface area contributed by atoms with Gasteiger partial charge in [-0.15, -0.1) is 0 Å². The molecule has 0 aliphatic heterocycles. The molecule has 0 radical (unpaired) electrons. The molecule has 120 valence electrons. The summed E-state index contributed by atoms with van der Waals surface area (Å²) in [6.45, 7) is 3.09. The molecule has 4 nitrogen and oxygen atoms in total. The largest absolute Gasteiger partial charge is 0.476 e. The molecule has 1 N–H and O–H groups in total. The van der Waals surface area contributed by atoms with Crippen molar-refractivity contribution in [1.29, 1.82) is 0 Å². The van der Waals surface area contributed by atoms with Gasteiger partial charge in [0.1, 0.15) is 0 Å². The normalized spacial score (nSPS) is 32.0. The van der Waals surface area contributed by atoms with Crippen LogP contribution < -0.4 is 0 Å². The van der Waals surface area contributed by atoms with Crippen LogP contribution in [0, 0.1) is 11.8 Å². The number of unbranched alkanes of at least 4 members (excludes halogenated alkanes) is 2. The van der Waals surface area contributed by atoms with Gasteiger partial charge >= 0.3 is 5.97 Å². The first-order valence-corrected chi connectivity index (χ1v) is 9.01. The Morgan fingerprint density at radius 1 is 1.14 bits per heavy atom. The minimum Gasteiger partial charge on any atom is -0.476 e. The van der Waals surface area contributed by atoms with E-state index in [1.807, 2.05) is 0 Å². The summed E-state index contributed by atoms with van der Waals surface area (Å²) in [6.07, 6.45) is 9.78. The van der Waals surface area contributed by atoms with E-state index in [4.69, 9.17) is 0 Å². The molecule has 4 aliphatic carbocycles. The van der Waals surface area contributed by atoms with Crippen molar-refractivity contribution in [3.8, 4) is 0 Å². The molecule has 0 amide bonds. The lowest BCUT2D eigenvalue weighted by molar-refractivity contribution is 0.0686. The fourth-order valence-electron chi connectivity index (χ4n) is 5.47. The first-order chi connectivity index (χ1) is 10.7. The Labute approximate surface area is 131 Å². The monoisotopic (exact) mass is 302 g/mol. The Balaban J connectivity index is 1.77. The summed E-state index contributed by atoms with van der Waals surface area (Å²) in [5.74, 6) is 1.83. The predicted octanol–water partition coefficient (Wildman–Crippen LogP) is 4.16. The van der Waals surface area contributed by atoms with E-state index in [1.54, 1.807) is 0 Å². The average Bonchev–Trinajstić information content (AvgIpc) is 2.77. The van der Waals surface area contributed by atoms with Crippen molar-refractivity contribution in [2.24, 2.45) is 11.8 Å². The van der Waals surface area contributed by atoms with E-state index in [2.05, 4.69) is 16.7 Å². The van der Waals surface area contributed by atoms with Gasteiger partial charge in [-0.25, -0.2) is 4.79 Å². The molecule has 0 spiro atoms. The maximum atomic E-state index is 11.7. The zero-order valence-electron chi connectivity index (χ0n) is 13.4. The number of hydrogen-bond donors (Lipinski definition) is 1. The minimum absolute atomic E-state index is 0.365. The van der Waals surface area contributed by atoms with Gasteiger partial charge in [0.25, 0.3) is 0 Å². The second-order valence-electron chi connectivity index (χ2n) is 7.69. The lowest BCUT2D eigenvalue weighted by atomic mass is 9.67. The second kappa shape index (κ2) is 5.39. The van der Waals surface area contributed by atoms with Crippen LogP contribution in [-0.2, 0) is 6.54 Å². The van der Waals surface area contributed by atoms with Gasteiger partial charge < -0.3 is 5.11 Å². The minimum atomic E-state index is -0.827. The highest BCUT2D eigenvalue weighted by Gasteiger charge is 2.46. The molecule has 0 aromatic carbocycles. The SMILES string of the molecule is CCCCCn1nc(C(=O)O)c2c1C1CC3CC(CC2C3)C1. The summed E-state index contributed by atoms with van der Waals surface area (Å²) >= 11 is 0. The highest BCUT2D eigenvalue weighted by atomic mass is 16.4. The second-order valence-corrected chi connectivity index (χ2v) is 7.69. The summed E-state index contributed by atoms with van der Waals surface area (Å²) < 4.78 is 2.09. The maximum Gasteiger partial charge on any atom is 0.356 e. The lowest BCUT2D eigenvalue weighted by Crippen LogP contribution is -2.27. The first-order valence-electron chi connectivity index (χ1n) is 9.01. The van der Waals surface area contributed by atoms with Crippen LogP contribution in [0.1, 0.15) is 91.9 Å². The molecule has 22 heavy (non-hydrogen) atoms. The molecule has 2 atom stereocenters. The van der Waals surface area contributed by atoms with Crippen molar-refractivity contribution in [2.75, 3.05) is 0 Å². The van der Waals surface area contributed by atoms with E-state index < -0.39 is 5.97 Å². The molecule has 4 heteroatoms. The van der Waals surface area contributed by atoms with E-state index >= 15 is 0 Å². The summed E-state index contributed by atoms with van der Waals surface area (Å²) in [4.78, 5) is 11.7. The van der Waals surface area contributed by atoms with Gasteiger partial charge in [-0.3, -0.25) is 4.68 Å². The summed E-state index contributed by atoms with van der Waals surface area (Å²) in [6, 6.07) is 0. The predicted molar refractivity (Wildman–Crippen MR) is 84.3 cm³/mol. The molecule has 0 saturated heterocycles. The van der Waals surface area contributed by atoms with Crippen LogP contribution in [0.25, 0.3) is 0 Å². The summed E-state index contributed by atoms with van der Waals surface area (Å²) in [5.41, 5.74) is 2.80. The zero-order valence-corrected chi connectivity index (χ0v) is 13.4. The topological polar surface area (TPSA) is 55.1 Å². The fraction of sp³-hybridized carbons (Fsp3) is 0.778. The van der Waals surface area contributed by atoms with Crippen LogP contribution in [0.15, 0.2) is 0 Å². The van der Waals surface area contributed by atoms with Crippen molar-refractivity contribution in [3.05, 3.63) is 17.0 Å². The van der Waals surface area contributed by atoms with E-state index in [-0.39, 0.29) is 0 Å². The molecule has 2 fully saturated rings. The van der Waals surface area contributed by atoms with Crippen LogP contribution in [0.5, 0.6) is 0 Å². The molecule has 1 aromatic rings. The smallest absolute Gasteiger partial charge is 0.356 e. The van der Waals surface area contributed by atoms with E-state index in [0.29, 0.717) is 17.5 Å². The van der Waals surface area contributed by atoms with Gasteiger partial charge in [0.15, 0.2) is 5.69 Å². The van der Waals surface area contributed by atoms with Crippen molar-refractivity contribution < 1.29 is 9.90 Å². The van der Waals surface area contributed by atoms with Gasteiger partial charge in [-0.2, -0.15) is 5.10 Å². The number of carbonyl (C=O) groups is 1. The maximum absolute atomic E-state index is 11.7. The first kappa shape index (κ1) is 14.3. The average molecular weight is 302 g/mol. The van der Waals surface area contributed by atoms with Crippen LogP contribution in [0.2, 0.25) is 0 Å². The van der Waals surface area contributed by atoms with Crippen molar-refractivity contribution >= 4 is 5.97 Å². The van der Waals surface area contributed by atoms with Gasteiger partial charge in [0, 0.05) is 23.7 Å². The fourth-order valence-corrected chi connectivity index (χ4v) is 5.47. The number of hydrogen-bond acceptors (Lipinski definition) is 2. The summed E-state index contributed by atoms with van der Waals surface area (Å²) in [5, 5.41) is 14.2. The third kappa shape index (κ3) is 2.19. The molecule has 4 aliphatic rings. The number of carboxylic acid groups (broad SMARTS) is 1. The molecule has 2 saturated carbocycles. The van der Waals surface area contributed by atoms with Gasteiger partial charge in [0.05, 0.1) is 0 Å². The van der Waals surface area contributed by atoms with Crippen LogP contribution in [0.4, 0.5) is 0 Å². The third-order valence-corrected chi connectivity index (χ3v) is 6.14. The van der Waals surface area contributed by atoms with E-state index in [1.165, 1.54) is 50.6 Å². The highest BCUT2D eigenvalue weighted by Crippen LogP contribution is 2.56. The Kier molecular flexibility index (Phi) is 3.50. The van der Waals surface area contributed by atoms with Gasteiger partial charge in [-0.1, -0.05) is 19.8 Å². The molecule has 1 aromatic heterocycles. The number of aromatic carboxylic acids is 1. The zero-order chi connectivity index (χ0) is 15.3. The quantitative estimate of drug-likeness (QED) is 0.831. The Bertz CT molecular complexity index is 578. The number of carboxylic acids is 1. The standard InChI is InChI=1S/C18H26N2O2/c1-2-3-4-5-20-17-14-9-11-6-12(10-14)8-13(7-11)15(17)16(19-20)18(21)22/h11-14H,2-10H2,1H3,(H,21,22). The molecule has 4 bridgehead atoms. The third-order valence-electron chi connectivity index (χ3n) is 6.14. The van der Waals surface area contributed by atoms with Crippen LogP contribution in [0.3, 0.4) is 0 Å². The number of aromatic nitrogens is 2. The van der Waals surface area contributed by atoms with Gasteiger partial charge in [-0.05, 0) is 56.3 Å². The van der Waals surface area contributed by atoms with Crippen molar-refractivity contribution in [2.45, 2.75) is 76.7 Å². The number of aryl methyl sites for hydroxylation is 1. The van der Waals surface area contributed by atoms with Gasteiger partial charge in [0.2, 0.25) is 0 Å². The highest BCUT2D eigenvalue weighted by molar-refractivity contribution is 5.88. The summed E-state index contributed by atoms with van der Waals surface area (Å²) in [7, 11) is 0. The Morgan fingerprint density at radius 2 is 1.82 bits per heavy atom. The molecule has 2 unspecified atom stereocenters. The molecular formula is C18H26N2O2. The van der Waals surface area contributed by atoms with Crippen molar-refractivity contribution in [1.82, 2.24) is 9.78 Å². The molecular weight excluding hydrogens is 276 g/mol. The van der Waals surface area contributed by atoms with Crippen LogP contribution >= 0.6 is 0 Å². The number of rotatable bonds is 5. The van der Waals surface area contributed by atoms with E-state index in [9.17, 15) is 9.90 Å². The molecule has 5 rings (SSSR count). The Morgan fingerprint density at radius 3 is 2.45 bits per heavy atom. The Hall–Kier alpha value is -1.32. The van der Waals surface area contributed by atoms with Crippen LogP contribution in [-0.4, -0.2) is 20.9 Å². The molecule has 1 heterocycles. The lowest BCUT2D eigenvalue weighted by Gasteiger charge is -2.38. The number of nitrogens with zero attached hydrogens (tertiary/aromatic N) is 2.